The van der Waals surface area contributed by atoms with Crippen LogP contribution in [0.2, 0.25) is 0 Å². The predicted molar refractivity (Wildman–Crippen MR) is 103 cm³/mol. The number of ether oxygens (including phenoxy) is 1. The summed E-state index contributed by atoms with van der Waals surface area (Å²) in [4.78, 5) is 36.5. The summed E-state index contributed by atoms with van der Waals surface area (Å²) in [5.74, 6) is -1.28. The van der Waals surface area contributed by atoms with E-state index in [0.717, 1.165) is 24.8 Å². The van der Waals surface area contributed by atoms with Crippen LogP contribution in [0.4, 0.5) is 0 Å². The molecule has 0 aliphatic heterocycles. The van der Waals surface area contributed by atoms with Crippen LogP contribution in [0, 0.1) is 0 Å². The Balaban J connectivity index is 1.41. The molecule has 3 aromatic rings. The SMILES string of the molecule is O=C(COC(=O)c1cc2ccccc2oc1=O)N[C@H]1CCCc2ccccc21. The van der Waals surface area contributed by atoms with Crippen LogP contribution in [-0.2, 0) is 16.0 Å². The molecule has 0 saturated carbocycles. The standard InChI is InChI=1S/C22H19NO5/c24-20(23-18-10-5-8-14-6-1-3-9-16(14)18)13-27-21(25)17-12-15-7-2-4-11-19(15)28-22(17)26/h1-4,6-7,9,11-12,18H,5,8,10,13H2,(H,23,24)/t18-/m0/s1. The van der Waals surface area contributed by atoms with Gasteiger partial charge in [0.05, 0.1) is 6.04 Å². The van der Waals surface area contributed by atoms with Gasteiger partial charge < -0.3 is 14.5 Å². The van der Waals surface area contributed by atoms with Crippen LogP contribution in [-0.4, -0.2) is 18.5 Å². The maximum atomic E-state index is 12.3. The van der Waals surface area contributed by atoms with Gasteiger partial charge in [-0.1, -0.05) is 42.5 Å². The molecule has 4 rings (SSSR count). The second-order valence-electron chi connectivity index (χ2n) is 6.77. The first-order valence-corrected chi connectivity index (χ1v) is 9.19. The van der Waals surface area contributed by atoms with Crippen LogP contribution >= 0.6 is 0 Å². The molecule has 1 N–H and O–H groups in total. The summed E-state index contributed by atoms with van der Waals surface area (Å²) in [5.41, 5.74) is 1.70. The van der Waals surface area contributed by atoms with Crippen molar-refractivity contribution in [3.8, 4) is 0 Å². The lowest BCUT2D eigenvalue weighted by Gasteiger charge is -2.26. The van der Waals surface area contributed by atoms with Crippen molar-refractivity contribution in [2.24, 2.45) is 0 Å². The molecular formula is C22H19NO5. The molecule has 1 amide bonds. The number of aryl methyl sites for hydroxylation is 1. The molecule has 1 aromatic heterocycles. The zero-order chi connectivity index (χ0) is 19.5. The van der Waals surface area contributed by atoms with Gasteiger partial charge in [-0.2, -0.15) is 0 Å². The van der Waals surface area contributed by atoms with Gasteiger partial charge in [-0.15, -0.1) is 0 Å². The number of amides is 1. The van der Waals surface area contributed by atoms with Gasteiger partial charge in [-0.05, 0) is 42.5 Å². The fourth-order valence-electron chi connectivity index (χ4n) is 3.55. The zero-order valence-electron chi connectivity index (χ0n) is 15.1. The third-order valence-corrected chi connectivity index (χ3v) is 4.90. The Morgan fingerprint density at radius 1 is 1.11 bits per heavy atom. The van der Waals surface area contributed by atoms with E-state index in [4.69, 9.17) is 9.15 Å². The number of nitrogens with one attached hydrogen (secondary N) is 1. The number of fused-ring (bicyclic) bond motifs is 2. The Hall–Kier alpha value is -3.41. The Labute approximate surface area is 161 Å². The Morgan fingerprint density at radius 3 is 2.79 bits per heavy atom. The van der Waals surface area contributed by atoms with Crippen molar-refractivity contribution >= 4 is 22.8 Å². The number of benzene rings is 2. The highest BCUT2D eigenvalue weighted by molar-refractivity contribution is 5.94. The van der Waals surface area contributed by atoms with Crippen molar-refractivity contribution < 1.29 is 18.7 Å². The molecule has 6 nitrogen and oxygen atoms in total. The molecule has 2 aromatic carbocycles. The van der Waals surface area contributed by atoms with Crippen molar-refractivity contribution in [2.75, 3.05) is 6.61 Å². The normalized spacial score (nSPS) is 15.6. The maximum absolute atomic E-state index is 12.3. The van der Waals surface area contributed by atoms with E-state index in [1.807, 2.05) is 18.2 Å². The molecule has 1 aliphatic rings. The molecule has 1 atom stereocenters. The number of para-hydroxylation sites is 1. The monoisotopic (exact) mass is 377 g/mol. The first-order valence-electron chi connectivity index (χ1n) is 9.19. The fourth-order valence-corrected chi connectivity index (χ4v) is 3.55. The van der Waals surface area contributed by atoms with Crippen LogP contribution in [0.25, 0.3) is 11.0 Å². The fraction of sp³-hybridized carbons (Fsp3) is 0.227. The molecule has 1 heterocycles. The number of rotatable bonds is 4. The van der Waals surface area contributed by atoms with Crippen molar-refractivity contribution in [3.05, 3.63) is 81.7 Å². The first kappa shape index (κ1) is 18.0. The lowest BCUT2D eigenvalue weighted by molar-refractivity contribution is -0.125. The van der Waals surface area contributed by atoms with Gasteiger partial charge in [0, 0.05) is 5.39 Å². The van der Waals surface area contributed by atoms with Crippen LogP contribution in [0.5, 0.6) is 0 Å². The van der Waals surface area contributed by atoms with Gasteiger partial charge in [-0.3, -0.25) is 4.79 Å². The molecule has 28 heavy (non-hydrogen) atoms. The highest BCUT2D eigenvalue weighted by Gasteiger charge is 2.22. The molecule has 6 heteroatoms. The van der Waals surface area contributed by atoms with E-state index < -0.39 is 24.1 Å². The molecule has 0 fully saturated rings. The number of esters is 1. The van der Waals surface area contributed by atoms with Gasteiger partial charge in [0.1, 0.15) is 11.1 Å². The number of carbonyl (C=O) groups excluding carboxylic acids is 2. The largest absolute Gasteiger partial charge is 0.452 e. The minimum Gasteiger partial charge on any atom is -0.452 e. The smallest absolute Gasteiger partial charge is 0.351 e. The summed E-state index contributed by atoms with van der Waals surface area (Å²) >= 11 is 0. The molecule has 0 bridgehead atoms. The second-order valence-corrected chi connectivity index (χ2v) is 6.77. The average molecular weight is 377 g/mol. The van der Waals surface area contributed by atoms with E-state index in [0.29, 0.717) is 11.0 Å². The van der Waals surface area contributed by atoms with Crippen molar-refractivity contribution in [2.45, 2.75) is 25.3 Å². The average Bonchev–Trinajstić information content (AvgIpc) is 2.72. The van der Waals surface area contributed by atoms with Gasteiger partial charge in [0.15, 0.2) is 6.61 Å². The van der Waals surface area contributed by atoms with Gasteiger partial charge >= 0.3 is 11.6 Å². The van der Waals surface area contributed by atoms with Crippen molar-refractivity contribution in [1.82, 2.24) is 5.32 Å². The third kappa shape index (κ3) is 3.67. The molecule has 0 saturated heterocycles. The van der Waals surface area contributed by atoms with Crippen LogP contribution < -0.4 is 10.9 Å². The summed E-state index contributed by atoms with van der Waals surface area (Å²) in [6.45, 7) is -0.455. The summed E-state index contributed by atoms with van der Waals surface area (Å²) in [6, 6.07) is 16.2. The molecular weight excluding hydrogens is 358 g/mol. The van der Waals surface area contributed by atoms with Crippen molar-refractivity contribution in [3.63, 3.8) is 0 Å². The Morgan fingerprint density at radius 2 is 1.89 bits per heavy atom. The summed E-state index contributed by atoms with van der Waals surface area (Å²) in [5, 5.41) is 3.52. The third-order valence-electron chi connectivity index (χ3n) is 4.90. The van der Waals surface area contributed by atoms with Gasteiger partial charge in [0.2, 0.25) is 0 Å². The number of carbonyl (C=O) groups is 2. The van der Waals surface area contributed by atoms with Crippen molar-refractivity contribution in [1.29, 1.82) is 0 Å². The summed E-state index contributed by atoms with van der Waals surface area (Å²) < 4.78 is 10.2. The Bertz CT molecular complexity index is 1100. The van der Waals surface area contributed by atoms with E-state index in [1.165, 1.54) is 11.6 Å². The van der Waals surface area contributed by atoms with Crippen LogP contribution in [0.15, 0.2) is 63.8 Å². The molecule has 0 unspecified atom stereocenters. The number of hydrogen-bond donors (Lipinski definition) is 1. The molecule has 142 valence electrons. The first-order chi connectivity index (χ1) is 13.6. The Kier molecular flexibility index (Phi) is 4.93. The summed E-state index contributed by atoms with van der Waals surface area (Å²) in [7, 11) is 0. The lowest BCUT2D eigenvalue weighted by atomic mass is 9.88. The second kappa shape index (κ2) is 7.68. The van der Waals surface area contributed by atoms with E-state index in [2.05, 4.69) is 11.4 Å². The highest BCUT2D eigenvalue weighted by atomic mass is 16.5. The van der Waals surface area contributed by atoms with Gasteiger partial charge in [-0.25, -0.2) is 9.59 Å². The summed E-state index contributed by atoms with van der Waals surface area (Å²) in [6.07, 6.45) is 2.82. The topological polar surface area (TPSA) is 85.6 Å². The zero-order valence-corrected chi connectivity index (χ0v) is 15.1. The maximum Gasteiger partial charge on any atom is 0.351 e. The van der Waals surface area contributed by atoms with E-state index in [-0.39, 0.29) is 11.6 Å². The number of hydrogen-bond acceptors (Lipinski definition) is 5. The quantitative estimate of drug-likeness (QED) is 0.558. The van der Waals surface area contributed by atoms with E-state index >= 15 is 0 Å². The molecule has 0 radical (unpaired) electrons. The van der Waals surface area contributed by atoms with E-state index in [9.17, 15) is 14.4 Å². The minimum atomic E-state index is -0.876. The van der Waals surface area contributed by atoms with E-state index in [1.54, 1.807) is 24.3 Å². The molecule has 1 aliphatic carbocycles. The van der Waals surface area contributed by atoms with Gasteiger partial charge in [0.25, 0.3) is 5.91 Å². The predicted octanol–water partition coefficient (Wildman–Crippen LogP) is 3.14. The minimum absolute atomic E-state index is 0.0955. The van der Waals surface area contributed by atoms with Crippen LogP contribution in [0.3, 0.4) is 0 Å². The molecule has 0 spiro atoms. The lowest BCUT2D eigenvalue weighted by Crippen LogP contribution is -2.34. The van der Waals surface area contributed by atoms with Crippen LogP contribution in [0.1, 0.15) is 40.4 Å². The highest BCUT2D eigenvalue weighted by Crippen LogP contribution is 2.29.